The molecular formula is C26H27N5O6. The van der Waals surface area contributed by atoms with E-state index in [1.165, 1.54) is 0 Å². The molecule has 0 saturated carbocycles. The maximum absolute atomic E-state index is 13.1. The van der Waals surface area contributed by atoms with Crippen LogP contribution in [-0.4, -0.2) is 62.1 Å². The van der Waals surface area contributed by atoms with Gasteiger partial charge in [0.25, 0.3) is 0 Å². The Balaban J connectivity index is 1.54. The van der Waals surface area contributed by atoms with Crippen LogP contribution >= 0.6 is 0 Å². The van der Waals surface area contributed by atoms with Gasteiger partial charge in [-0.05, 0) is 29.7 Å². The fourth-order valence-electron chi connectivity index (χ4n) is 4.29. The minimum Gasteiger partial charge on any atom is -0.481 e. The van der Waals surface area contributed by atoms with Gasteiger partial charge in [0.05, 0.1) is 12.5 Å². The second kappa shape index (κ2) is 11.0. The first-order chi connectivity index (χ1) is 17.7. The van der Waals surface area contributed by atoms with Gasteiger partial charge >= 0.3 is 11.9 Å². The van der Waals surface area contributed by atoms with Crippen LogP contribution in [0.1, 0.15) is 17.5 Å². The number of H-pyrrole nitrogens is 2. The molecule has 0 bridgehead atoms. The third kappa shape index (κ3) is 5.96. The molecule has 2 heterocycles. The summed E-state index contributed by atoms with van der Waals surface area (Å²) in [5, 5.41) is 25.0. The molecule has 2 aromatic heterocycles. The van der Waals surface area contributed by atoms with Crippen LogP contribution in [-0.2, 0) is 32.0 Å². The summed E-state index contributed by atoms with van der Waals surface area (Å²) in [5.74, 6) is -4.31. The van der Waals surface area contributed by atoms with Gasteiger partial charge in [0.1, 0.15) is 12.1 Å². The van der Waals surface area contributed by atoms with Gasteiger partial charge in [-0.2, -0.15) is 0 Å². The van der Waals surface area contributed by atoms with Crippen molar-refractivity contribution in [2.45, 2.75) is 37.4 Å². The summed E-state index contributed by atoms with van der Waals surface area (Å²) in [6, 6.07) is 11.1. The lowest BCUT2D eigenvalue weighted by Crippen LogP contribution is -2.55. The molecule has 0 fully saturated rings. The molecule has 0 aliphatic heterocycles. The van der Waals surface area contributed by atoms with Crippen molar-refractivity contribution >= 4 is 45.6 Å². The van der Waals surface area contributed by atoms with E-state index >= 15 is 0 Å². The molecule has 11 nitrogen and oxygen atoms in total. The van der Waals surface area contributed by atoms with Gasteiger partial charge in [-0.1, -0.05) is 36.4 Å². The van der Waals surface area contributed by atoms with E-state index in [0.29, 0.717) is 5.56 Å². The topological polar surface area (TPSA) is 190 Å². The fraction of sp³-hybridized carbons (Fsp3) is 0.231. The number of para-hydroxylation sites is 2. The molecule has 3 atom stereocenters. The molecular weight excluding hydrogens is 478 g/mol. The van der Waals surface area contributed by atoms with Crippen LogP contribution in [0.4, 0.5) is 0 Å². The predicted octanol–water partition coefficient (Wildman–Crippen LogP) is 1.29. The van der Waals surface area contributed by atoms with E-state index in [2.05, 4.69) is 20.6 Å². The lowest BCUT2D eigenvalue weighted by Gasteiger charge is -2.22. The monoisotopic (exact) mass is 505 g/mol. The minimum absolute atomic E-state index is 0.0286. The lowest BCUT2D eigenvalue weighted by atomic mass is 10.0. The molecule has 2 amide bonds. The number of hydrogen-bond acceptors (Lipinski definition) is 5. The highest BCUT2D eigenvalue weighted by molar-refractivity contribution is 5.94. The number of rotatable bonds is 11. The number of carboxylic acid groups (broad SMARTS) is 2. The number of aliphatic carboxylic acids is 2. The van der Waals surface area contributed by atoms with Gasteiger partial charge in [-0.3, -0.25) is 14.4 Å². The number of aromatic amines is 2. The largest absolute Gasteiger partial charge is 0.481 e. The van der Waals surface area contributed by atoms with Crippen LogP contribution in [0.25, 0.3) is 21.8 Å². The third-order valence-corrected chi connectivity index (χ3v) is 6.18. The van der Waals surface area contributed by atoms with E-state index in [9.17, 15) is 24.3 Å². The molecule has 0 aliphatic rings. The average Bonchev–Trinajstić information content (AvgIpc) is 3.47. The molecule has 4 aromatic rings. The number of nitrogens with one attached hydrogen (secondary N) is 4. The van der Waals surface area contributed by atoms with Gasteiger partial charge < -0.3 is 36.5 Å². The maximum atomic E-state index is 13.1. The Bertz CT molecular complexity index is 1460. The first-order valence-corrected chi connectivity index (χ1v) is 11.6. The standard InChI is InChI=1S/C26H27N5O6/c27-18(9-14-12-28-19-7-3-1-5-16(14)19)24(34)30-21(25(35)31-22(26(36)37)11-23(32)33)10-15-13-29-20-8-4-2-6-17(15)20/h1-8,12-13,18,21-22,28-29H,9-11,27H2,(H,30,34)(H,31,35)(H,32,33)(H,36,37). The van der Waals surface area contributed by atoms with Crippen LogP contribution in [0.15, 0.2) is 60.9 Å². The van der Waals surface area contributed by atoms with Crippen molar-refractivity contribution in [3.8, 4) is 0 Å². The third-order valence-electron chi connectivity index (χ3n) is 6.18. The summed E-state index contributed by atoms with van der Waals surface area (Å²) >= 11 is 0. The molecule has 0 radical (unpaired) electrons. The Labute approximate surface area is 211 Å². The molecule has 2 aromatic carbocycles. The molecule has 4 rings (SSSR count). The van der Waals surface area contributed by atoms with Crippen LogP contribution in [0.3, 0.4) is 0 Å². The van der Waals surface area contributed by atoms with Crippen molar-refractivity contribution in [1.82, 2.24) is 20.6 Å². The van der Waals surface area contributed by atoms with Gasteiger partial charge in [-0.25, -0.2) is 4.79 Å². The fourth-order valence-corrected chi connectivity index (χ4v) is 4.29. The van der Waals surface area contributed by atoms with E-state index in [0.717, 1.165) is 27.4 Å². The molecule has 11 heteroatoms. The zero-order valence-corrected chi connectivity index (χ0v) is 19.7. The van der Waals surface area contributed by atoms with Crippen LogP contribution < -0.4 is 16.4 Å². The number of hydrogen-bond donors (Lipinski definition) is 7. The lowest BCUT2D eigenvalue weighted by molar-refractivity contribution is -0.147. The second-order valence-corrected chi connectivity index (χ2v) is 8.79. The zero-order chi connectivity index (χ0) is 26.5. The molecule has 192 valence electrons. The predicted molar refractivity (Wildman–Crippen MR) is 136 cm³/mol. The van der Waals surface area contributed by atoms with Crippen molar-refractivity contribution in [2.24, 2.45) is 5.73 Å². The van der Waals surface area contributed by atoms with Crippen LogP contribution in [0.2, 0.25) is 0 Å². The van der Waals surface area contributed by atoms with Crippen molar-refractivity contribution in [3.63, 3.8) is 0 Å². The number of aromatic nitrogens is 2. The first-order valence-electron chi connectivity index (χ1n) is 11.6. The molecule has 3 unspecified atom stereocenters. The molecule has 0 spiro atoms. The number of carbonyl (C=O) groups is 4. The minimum atomic E-state index is -1.66. The summed E-state index contributed by atoms with van der Waals surface area (Å²) in [6.45, 7) is 0. The summed E-state index contributed by atoms with van der Waals surface area (Å²) in [7, 11) is 0. The van der Waals surface area contributed by atoms with E-state index in [-0.39, 0.29) is 12.8 Å². The normalized spacial score (nSPS) is 13.6. The Morgan fingerprint density at radius 2 is 1.27 bits per heavy atom. The number of carboxylic acids is 2. The number of carbonyl (C=O) groups excluding carboxylic acids is 2. The Kier molecular flexibility index (Phi) is 7.54. The van der Waals surface area contributed by atoms with E-state index < -0.39 is 48.3 Å². The van der Waals surface area contributed by atoms with E-state index in [1.807, 2.05) is 48.5 Å². The quantitative estimate of drug-likeness (QED) is 0.160. The number of benzene rings is 2. The van der Waals surface area contributed by atoms with Gasteiger partial charge in [0.2, 0.25) is 11.8 Å². The molecule has 8 N–H and O–H groups in total. The highest BCUT2D eigenvalue weighted by Gasteiger charge is 2.30. The van der Waals surface area contributed by atoms with Crippen molar-refractivity contribution < 1.29 is 29.4 Å². The van der Waals surface area contributed by atoms with E-state index in [1.54, 1.807) is 12.4 Å². The van der Waals surface area contributed by atoms with Gasteiger partial charge in [0.15, 0.2) is 0 Å². The van der Waals surface area contributed by atoms with Crippen molar-refractivity contribution in [2.75, 3.05) is 0 Å². The first kappa shape index (κ1) is 25.5. The SMILES string of the molecule is NC(Cc1c[nH]c2ccccc12)C(=O)NC(Cc1c[nH]c2ccccc12)C(=O)NC(CC(=O)O)C(=O)O. The summed E-state index contributed by atoms with van der Waals surface area (Å²) < 4.78 is 0. The smallest absolute Gasteiger partial charge is 0.326 e. The summed E-state index contributed by atoms with van der Waals surface area (Å²) in [6.07, 6.45) is 2.90. The zero-order valence-electron chi connectivity index (χ0n) is 19.7. The number of fused-ring (bicyclic) bond motifs is 2. The number of nitrogens with two attached hydrogens (primary N) is 1. The summed E-state index contributed by atoms with van der Waals surface area (Å²) in [5.41, 5.74) is 9.47. The number of amides is 2. The Morgan fingerprint density at radius 3 is 1.81 bits per heavy atom. The van der Waals surface area contributed by atoms with E-state index in [4.69, 9.17) is 10.8 Å². The summed E-state index contributed by atoms with van der Waals surface area (Å²) in [4.78, 5) is 55.0. The molecule has 0 aliphatic carbocycles. The van der Waals surface area contributed by atoms with Crippen molar-refractivity contribution in [1.29, 1.82) is 0 Å². The van der Waals surface area contributed by atoms with Crippen molar-refractivity contribution in [3.05, 3.63) is 72.1 Å². The Hall–Kier alpha value is -4.64. The maximum Gasteiger partial charge on any atom is 0.326 e. The highest BCUT2D eigenvalue weighted by Crippen LogP contribution is 2.20. The second-order valence-electron chi connectivity index (χ2n) is 8.79. The van der Waals surface area contributed by atoms with Crippen LogP contribution in [0, 0.1) is 0 Å². The average molecular weight is 506 g/mol. The van der Waals surface area contributed by atoms with Gasteiger partial charge in [-0.15, -0.1) is 0 Å². The van der Waals surface area contributed by atoms with Crippen LogP contribution in [0.5, 0.6) is 0 Å². The van der Waals surface area contributed by atoms with Gasteiger partial charge in [0, 0.05) is 40.6 Å². The molecule has 37 heavy (non-hydrogen) atoms. The molecule has 0 saturated heterocycles. The highest BCUT2D eigenvalue weighted by atomic mass is 16.4. The Morgan fingerprint density at radius 1 is 0.757 bits per heavy atom.